The molecule has 0 aromatic heterocycles. The molecule has 0 rings (SSSR count). The van der Waals surface area contributed by atoms with Crippen LogP contribution in [0.1, 0.15) is 33.6 Å². The highest BCUT2D eigenvalue weighted by molar-refractivity contribution is 4.82. The SMILES string of the molecule is C/C=C/CCC(C)(C)N. The molecule has 0 aliphatic carbocycles. The average Bonchev–Trinajstić information content (AvgIpc) is 1.63. The van der Waals surface area contributed by atoms with Gasteiger partial charge in [0.1, 0.15) is 0 Å². The highest BCUT2D eigenvalue weighted by Crippen LogP contribution is 2.06. The first-order valence-corrected chi connectivity index (χ1v) is 3.46. The van der Waals surface area contributed by atoms with Crippen LogP contribution in [-0.4, -0.2) is 5.54 Å². The molecule has 0 fully saturated rings. The Balaban J connectivity index is 3.28. The van der Waals surface area contributed by atoms with Crippen molar-refractivity contribution in [3.63, 3.8) is 0 Å². The summed E-state index contributed by atoms with van der Waals surface area (Å²) < 4.78 is 0. The Labute approximate surface area is 57.9 Å². The van der Waals surface area contributed by atoms with Crippen molar-refractivity contribution in [2.45, 2.75) is 39.2 Å². The van der Waals surface area contributed by atoms with Gasteiger partial charge in [-0.05, 0) is 33.6 Å². The van der Waals surface area contributed by atoms with E-state index in [0.717, 1.165) is 12.8 Å². The van der Waals surface area contributed by atoms with Crippen LogP contribution in [0.25, 0.3) is 0 Å². The number of hydrogen-bond donors (Lipinski definition) is 1. The Kier molecular flexibility index (Phi) is 3.55. The Morgan fingerprint density at radius 1 is 1.44 bits per heavy atom. The number of allylic oxidation sites excluding steroid dienone is 2. The van der Waals surface area contributed by atoms with Crippen molar-refractivity contribution < 1.29 is 0 Å². The molecule has 0 aromatic rings. The molecule has 9 heavy (non-hydrogen) atoms. The lowest BCUT2D eigenvalue weighted by Gasteiger charge is -2.16. The first-order valence-electron chi connectivity index (χ1n) is 3.46. The van der Waals surface area contributed by atoms with E-state index in [1.54, 1.807) is 0 Å². The third kappa shape index (κ3) is 7.70. The van der Waals surface area contributed by atoms with Gasteiger partial charge in [0.25, 0.3) is 0 Å². The summed E-state index contributed by atoms with van der Waals surface area (Å²) in [6.07, 6.45) is 6.37. The van der Waals surface area contributed by atoms with E-state index in [2.05, 4.69) is 26.0 Å². The van der Waals surface area contributed by atoms with Gasteiger partial charge in [-0.1, -0.05) is 12.2 Å². The zero-order valence-corrected chi connectivity index (χ0v) is 6.65. The largest absolute Gasteiger partial charge is 0.326 e. The fourth-order valence-electron chi connectivity index (χ4n) is 0.622. The molecule has 0 unspecified atom stereocenters. The predicted molar refractivity (Wildman–Crippen MR) is 42.3 cm³/mol. The van der Waals surface area contributed by atoms with E-state index in [-0.39, 0.29) is 5.54 Å². The molecular weight excluding hydrogens is 110 g/mol. The van der Waals surface area contributed by atoms with Gasteiger partial charge in [-0.3, -0.25) is 0 Å². The van der Waals surface area contributed by atoms with Gasteiger partial charge in [-0.25, -0.2) is 0 Å². The molecule has 0 aromatic carbocycles. The van der Waals surface area contributed by atoms with Crippen LogP contribution in [0.3, 0.4) is 0 Å². The van der Waals surface area contributed by atoms with Gasteiger partial charge < -0.3 is 5.73 Å². The van der Waals surface area contributed by atoms with E-state index < -0.39 is 0 Å². The predicted octanol–water partition coefficient (Wildman–Crippen LogP) is 2.08. The standard InChI is InChI=1S/C8H17N/c1-4-5-6-7-8(2,3)9/h4-5H,6-7,9H2,1-3H3/b5-4+. The smallest absolute Gasteiger partial charge is 0.01000 e. The zero-order valence-electron chi connectivity index (χ0n) is 6.65. The summed E-state index contributed by atoms with van der Waals surface area (Å²) in [5.74, 6) is 0. The van der Waals surface area contributed by atoms with Gasteiger partial charge >= 0.3 is 0 Å². The molecule has 0 atom stereocenters. The summed E-state index contributed by atoms with van der Waals surface area (Å²) in [6.45, 7) is 6.14. The molecule has 0 heterocycles. The highest BCUT2D eigenvalue weighted by atomic mass is 14.7. The summed E-state index contributed by atoms with van der Waals surface area (Å²) in [5.41, 5.74) is 5.74. The number of rotatable bonds is 3. The molecule has 0 amide bonds. The number of hydrogen-bond acceptors (Lipinski definition) is 1. The molecule has 0 aliphatic rings. The summed E-state index contributed by atoms with van der Waals surface area (Å²) >= 11 is 0. The number of nitrogens with two attached hydrogens (primary N) is 1. The first kappa shape index (κ1) is 8.70. The topological polar surface area (TPSA) is 26.0 Å². The molecule has 1 heteroatoms. The van der Waals surface area contributed by atoms with E-state index in [9.17, 15) is 0 Å². The lowest BCUT2D eigenvalue weighted by atomic mass is 10.0. The Hall–Kier alpha value is -0.300. The summed E-state index contributed by atoms with van der Waals surface area (Å²) in [5, 5.41) is 0. The minimum absolute atomic E-state index is 0.000486. The second kappa shape index (κ2) is 3.67. The molecule has 0 aliphatic heterocycles. The first-order chi connectivity index (χ1) is 4.06. The van der Waals surface area contributed by atoms with Crippen LogP contribution >= 0.6 is 0 Å². The van der Waals surface area contributed by atoms with E-state index in [1.165, 1.54) is 0 Å². The fourth-order valence-corrected chi connectivity index (χ4v) is 0.622. The molecule has 0 bridgehead atoms. The van der Waals surface area contributed by atoms with Gasteiger partial charge in [0.15, 0.2) is 0 Å². The monoisotopic (exact) mass is 127 g/mol. The van der Waals surface area contributed by atoms with Gasteiger partial charge in [-0.15, -0.1) is 0 Å². The molecule has 2 N–H and O–H groups in total. The van der Waals surface area contributed by atoms with E-state index in [0.29, 0.717) is 0 Å². The van der Waals surface area contributed by atoms with Crippen LogP contribution in [0.15, 0.2) is 12.2 Å². The molecule has 0 spiro atoms. The van der Waals surface area contributed by atoms with E-state index in [1.807, 2.05) is 6.92 Å². The van der Waals surface area contributed by atoms with Crippen LogP contribution in [-0.2, 0) is 0 Å². The van der Waals surface area contributed by atoms with Crippen LogP contribution in [0.2, 0.25) is 0 Å². The van der Waals surface area contributed by atoms with Crippen molar-refractivity contribution >= 4 is 0 Å². The van der Waals surface area contributed by atoms with Crippen molar-refractivity contribution in [3.8, 4) is 0 Å². The van der Waals surface area contributed by atoms with Gasteiger partial charge in [-0.2, -0.15) is 0 Å². The summed E-state index contributed by atoms with van der Waals surface area (Å²) in [6, 6.07) is 0. The second-order valence-electron chi connectivity index (χ2n) is 3.10. The van der Waals surface area contributed by atoms with E-state index >= 15 is 0 Å². The molecule has 1 nitrogen and oxygen atoms in total. The lowest BCUT2D eigenvalue weighted by molar-refractivity contribution is 0.481. The third-order valence-corrected chi connectivity index (χ3v) is 1.19. The molecule has 54 valence electrons. The third-order valence-electron chi connectivity index (χ3n) is 1.19. The van der Waals surface area contributed by atoms with Gasteiger partial charge in [0, 0.05) is 5.54 Å². The normalized spacial score (nSPS) is 12.9. The maximum Gasteiger partial charge on any atom is 0.01000 e. The zero-order chi connectivity index (χ0) is 7.33. The van der Waals surface area contributed by atoms with Crippen molar-refractivity contribution in [2.75, 3.05) is 0 Å². The van der Waals surface area contributed by atoms with Crippen molar-refractivity contribution in [2.24, 2.45) is 5.73 Å². The van der Waals surface area contributed by atoms with Crippen LogP contribution in [0.4, 0.5) is 0 Å². The second-order valence-corrected chi connectivity index (χ2v) is 3.10. The Morgan fingerprint density at radius 2 is 2.00 bits per heavy atom. The minimum Gasteiger partial charge on any atom is -0.326 e. The summed E-state index contributed by atoms with van der Waals surface area (Å²) in [7, 11) is 0. The van der Waals surface area contributed by atoms with Crippen LogP contribution in [0.5, 0.6) is 0 Å². The minimum atomic E-state index is -0.000486. The quantitative estimate of drug-likeness (QED) is 0.577. The fraction of sp³-hybridized carbons (Fsp3) is 0.750. The lowest BCUT2D eigenvalue weighted by Crippen LogP contribution is -2.31. The summed E-state index contributed by atoms with van der Waals surface area (Å²) in [4.78, 5) is 0. The molecule has 0 saturated heterocycles. The van der Waals surface area contributed by atoms with Gasteiger partial charge in [0.05, 0.1) is 0 Å². The average molecular weight is 127 g/mol. The van der Waals surface area contributed by atoms with Crippen LogP contribution in [0, 0.1) is 0 Å². The maximum atomic E-state index is 5.74. The van der Waals surface area contributed by atoms with Gasteiger partial charge in [0.2, 0.25) is 0 Å². The molecule has 0 radical (unpaired) electrons. The van der Waals surface area contributed by atoms with Crippen molar-refractivity contribution in [1.29, 1.82) is 0 Å². The Morgan fingerprint density at radius 3 is 2.33 bits per heavy atom. The maximum absolute atomic E-state index is 5.74. The Bertz CT molecular complexity index is 87.2. The van der Waals surface area contributed by atoms with Crippen molar-refractivity contribution in [3.05, 3.63) is 12.2 Å². The van der Waals surface area contributed by atoms with Crippen molar-refractivity contribution in [1.82, 2.24) is 0 Å². The van der Waals surface area contributed by atoms with E-state index in [4.69, 9.17) is 5.73 Å². The highest BCUT2D eigenvalue weighted by Gasteiger charge is 2.07. The van der Waals surface area contributed by atoms with Crippen LogP contribution < -0.4 is 5.73 Å². The molecular formula is C8H17N. The molecule has 0 saturated carbocycles.